The van der Waals surface area contributed by atoms with E-state index in [2.05, 4.69) is 32.9 Å². The Morgan fingerprint density at radius 3 is 2.59 bits per heavy atom. The van der Waals surface area contributed by atoms with Crippen LogP contribution in [0.2, 0.25) is 0 Å². The largest absolute Gasteiger partial charge is 0.450 e. The van der Waals surface area contributed by atoms with Gasteiger partial charge in [0.25, 0.3) is 0 Å². The van der Waals surface area contributed by atoms with Gasteiger partial charge in [0.2, 0.25) is 0 Å². The number of carbonyl (C=O) groups excluding carboxylic acids is 3. The minimum absolute atomic E-state index is 0.00917. The van der Waals surface area contributed by atoms with Crippen molar-refractivity contribution in [1.82, 2.24) is 0 Å². The molecule has 4 nitrogen and oxygen atoms in total. The highest BCUT2D eigenvalue weighted by atomic mass is 16.6. The third-order valence-electron chi connectivity index (χ3n) is 9.14. The predicted octanol–water partition coefficient (Wildman–Crippen LogP) is 4.82. The predicted molar refractivity (Wildman–Crippen MR) is 111 cm³/mol. The van der Waals surface area contributed by atoms with Crippen molar-refractivity contribution in [2.75, 3.05) is 0 Å². The number of ketones is 2. The van der Waals surface area contributed by atoms with E-state index >= 15 is 0 Å². The van der Waals surface area contributed by atoms with Gasteiger partial charge in [0.1, 0.15) is 0 Å². The smallest absolute Gasteiger partial charge is 0.306 e. The van der Waals surface area contributed by atoms with Gasteiger partial charge in [0.15, 0.2) is 17.2 Å². The summed E-state index contributed by atoms with van der Waals surface area (Å²) in [6.07, 6.45) is 10.9. The summed E-state index contributed by atoms with van der Waals surface area (Å²) >= 11 is 0. The van der Waals surface area contributed by atoms with E-state index < -0.39 is 5.60 Å². The van der Waals surface area contributed by atoms with E-state index in [1.54, 1.807) is 13.8 Å². The van der Waals surface area contributed by atoms with Gasteiger partial charge in [-0.3, -0.25) is 14.4 Å². The highest BCUT2D eigenvalue weighted by Crippen LogP contribution is 2.68. The number of fused-ring (bicyclic) bond motifs is 5. The van der Waals surface area contributed by atoms with Crippen LogP contribution in [0, 0.1) is 34.5 Å². The summed E-state index contributed by atoms with van der Waals surface area (Å²) in [5.74, 6) is 1.09. The van der Waals surface area contributed by atoms with Gasteiger partial charge < -0.3 is 4.74 Å². The Kier molecular flexibility index (Phi) is 4.71. The summed E-state index contributed by atoms with van der Waals surface area (Å²) < 4.78 is 6.05. The average Bonchev–Trinajstić information content (AvgIpc) is 2.90. The minimum Gasteiger partial charge on any atom is -0.450 e. The first-order valence-electron chi connectivity index (χ1n) is 11.3. The zero-order chi connectivity index (χ0) is 21.2. The molecule has 7 atom stereocenters. The van der Waals surface area contributed by atoms with Crippen LogP contribution in [0.15, 0.2) is 23.8 Å². The number of carbonyl (C=O) groups is 3. The first-order chi connectivity index (χ1) is 13.6. The first kappa shape index (κ1) is 20.6. The summed E-state index contributed by atoms with van der Waals surface area (Å²) in [5.41, 5.74) is -0.168. The van der Waals surface area contributed by atoms with Crippen molar-refractivity contribution >= 4 is 17.5 Å². The molecule has 0 spiro atoms. The molecule has 29 heavy (non-hydrogen) atoms. The van der Waals surface area contributed by atoms with Crippen molar-refractivity contribution in [3.8, 4) is 0 Å². The molecule has 2 saturated carbocycles. The molecule has 4 heteroatoms. The second kappa shape index (κ2) is 6.65. The summed E-state index contributed by atoms with van der Waals surface area (Å²) in [6, 6.07) is 0. The Bertz CT molecular complexity index is 823. The first-order valence-corrected chi connectivity index (χ1v) is 11.3. The summed E-state index contributed by atoms with van der Waals surface area (Å²) in [7, 11) is 0. The lowest BCUT2D eigenvalue weighted by atomic mass is 9.48. The van der Waals surface area contributed by atoms with Gasteiger partial charge >= 0.3 is 5.97 Å². The normalized spacial score (nSPS) is 45.7. The van der Waals surface area contributed by atoms with Crippen LogP contribution >= 0.6 is 0 Å². The fourth-order valence-corrected chi connectivity index (χ4v) is 7.62. The van der Waals surface area contributed by atoms with E-state index in [4.69, 9.17) is 4.74 Å². The molecule has 0 bridgehead atoms. The van der Waals surface area contributed by atoms with Crippen LogP contribution in [-0.4, -0.2) is 23.1 Å². The fraction of sp³-hybridized carbons (Fsp3) is 0.720. The van der Waals surface area contributed by atoms with Gasteiger partial charge in [-0.25, -0.2) is 0 Å². The maximum absolute atomic E-state index is 13.0. The van der Waals surface area contributed by atoms with Crippen LogP contribution in [0.5, 0.6) is 0 Å². The Balaban J connectivity index is 1.77. The molecule has 0 saturated heterocycles. The van der Waals surface area contributed by atoms with Crippen molar-refractivity contribution in [2.45, 2.75) is 78.7 Å². The van der Waals surface area contributed by atoms with Gasteiger partial charge in [0, 0.05) is 24.2 Å². The molecule has 2 fully saturated rings. The number of ether oxygens (including phenoxy) is 1. The molecule has 0 aromatic rings. The molecule has 0 heterocycles. The van der Waals surface area contributed by atoms with E-state index in [1.807, 2.05) is 6.08 Å². The number of rotatable bonds is 3. The summed E-state index contributed by atoms with van der Waals surface area (Å²) in [4.78, 5) is 37.4. The topological polar surface area (TPSA) is 60.4 Å². The number of allylic oxidation sites excluding steroid dienone is 4. The maximum Gasteiger partial charge on any atom is 0.306 e. The molecule has 4 aliphatic rings. The molecule has 0 aliphatic heterocycles. The SMILES string of the molecule is CCC(=O)O[C@]1(C(C)=O)[C@@H](C)C[C@H]2[C@@H]3C=CC4=CC(=O)CC[C@]4(C)[C@H]3CC[C@@]21C. The Morgan fingerprint density at radius 1 is 1.21 bits per heavy atom. The Labute approximate surface area is 174 Å². The molecule has 0 N–H and O–H groups in total. The van der Waals surface area contributed by atoms with Crippen LogP contribution in [0.3, 0.4) is 0 Å². The van der Waals surface area contributed by atoms with E-state index in [0.29, 0.717) is 24.2 Å². The molecule has 0 radical (unpaired) electrons. The van der Waals surface area contributed by atoms with Gasteiger partial charge in [0.05, 0.1) is 0 Å². The quantitative estimate of drug-likeness (QED) is 0.640. The Morgan fingerprint density at radius 2 is 1.93 bits per heavy atom. The Hall–Kier alpha value is -1.71. The molecule has 0 aromatic heterocycles. The van der Waals surface area contributed by atoms with Gasteiger partial charge in [-0.1, -0.05) is 39.8 Å². The third kappa shape index (κ3) is 2.60. The summed E-state index contributed by atoms with van der Waals surface area (Å²) in [5, 5.41) is 0. The van der Waals surface area contributed by atoms with Crippen LogP contribution < -0.4 is 0 Å². The van der Waals surface area contributed by atoms with Gasteiger partial charge in [-0.05, 0) is 67.4 Å². The lowest BCUT2D eigenvalue weighted by molar-refractivity contribution is -0.192. The number of hydrogen-bond acceptors (Lipinski definition) is 4. The highest BCUT2D eigenvalue weighted by molar-refractivity contribution is 5.92. The molecule has 158 valence electrons. The number of esters is 1. The van der Waals surface area contributed by atoms with E-state index in [9.17, 15) is 14.4 Å². The molecule has 0 unspecified atom stereocenters. The molecule has 0 amide bonds. The van der Waals surface area contributed by atoms with Crippen molar-refractivity contribution < 1.29 is 19.1 Å². The lowest BCUT2D eigenvalue weighted by Crippen LogP contribution is -2.59. The second-order valence-electron chi connectivity index (χ2n) is 10.3. The van der Waals surface area contributed by atoms with Crippen molar-refractivity contribution in [2.24, 2.45) is 34.5 Å². The summed E-state index contributed by atoms with van der Waals surface area (Å²) in [6.45, 7) is 9.98. The average molecular weight is 399 g/mol. The number of Topliss-reactive ketones (excluding diaryl/α,β-unsaturated/α-hetero) is 1. The van der Waals surface area contributed by atoms with Gasteiger partial charge in [-0.2, -0.15) is 0 Å². The van der Waals surface area contributed by atoms with Crippen LogP contribution in [0.4, 0.5) is 0 Å². The zero-order valence-corrected chi connectivity index (χ0v) is 18.4. The molecular weight excluding hydrogens is 364 g/mol. The minimum atomic E-state index is -1.02. The highest BCUT2D eigenvalue weighted by Gasteiger charge is 2.70. The molecule has 4 aliphatic carbocycles. The van der Waals surface area contributed by atoms with Crippen molar-refractivity contribution in [1.29, 1.82) is 0 Å². The van der Waals surface area contributed by atoms with Crippen LogP contribution in [-0.2, 0) is 19.1 Å². The van der Waals surface area contributed by atoms with Gasteiger partial charge in [-0.15, -0.1) is 0 Å². The zero-order valence-electron chi connectivity index (χ0n) is 18.4. The maximum atomic E-state index is 13.0. The van der Waals surface area contributed by atoms with E-state index in [0.717, 1.165) is 25.7 Å². The van der Waals surface area contributed by atoms with Crippen molar-refractivity contribution in [3.05, 3.63) is 23.8 Å². The third-order valence-corrected chi connectivity index (χ3v) is 9.14. The van der Waals surface area contributed by atoms with Crippen LogP contribution in [0.1, 0.15) is 73.1 Å². The monoisotopic (exact) mass is 398 g/mol. The number of hydrogen-bond donors (Lipinski definition) is 0. The van der Waals surface area contributed by atoms with Crippen LogP contribution in [0.25, 0.3) is 0 Å². The second-order valence-corrected chi connectivity index (χ2v) is 10.3. The fourth-order valence-electron chi connectivity index (χ4n) is 7.62. The lowest BCUT2D eigenvalue weighted by Gasteiger charge is -2.57. The van der Waals surface area contributed by atoms with E-state index in [-0.39, 0.29) is 40.7 Å². The van der Waals surface area contributed by atoms with Crippen molar-refractivity contribution in [3.63, 3.8) is 0 Å². The molecule has 0 aromatic carbocycles. The molecular formula is C25H34O4. The molecule has 4 rings (SSSR count). The standard InChI is InChI=1S/C25H34O4/c1-6-22(28)29-25(16(3)26)15(2)13-21-19-8-7-17-14-18(27)9-11-23(17,4)20(19)10-12-24(21,25)5/h7-8,14-15,19-21H,6,9-13H2,1-5H3/t15-,19+,20-,21-,23-,24-,25-/m0/s1. The van der Waals surface area contributed by atoms with E-state index in [1.165, 1.54) is 5.57 Å².